The topological polar surface area (TPSA) is 84.1 Å². The van der Waals surface area contributed by atoms with E-state index in [1.807, 2.05) is 12.3 Å². The number of amidine groups is 1. The van der Waals surface area contributed by atoms with E-state index < -0.39 is 0 Å². The van der Waals surface area contributed by atoms with Crippen LogP contribution in [0.2, 0.25) is 0 Å². The molecule has 2 aliphatic heterocycles. The summed E-state index contributed by atoms with van der Waals surface area (Å²) in [6, 6.07) is 0. The van der Waals surface area contributed by atoms with E-state index in [1.54, 1.807) is 23.8 Å². The molecule has 0 N–H and O–H groups in total. The molecule has 9 heteroatoms. The highest BCUT2D eigenvalue weighted by Gasteiger charge is 2.34. The number of fused-ring (bicyclic) bond motifs is 1. The summed E-state index contributed by atoms with van der Waals surface area (Å²) in [5.41, 5.74) is 2.44. The van der Waals surface area contributed by atoms with Gasteiger partial charge in [-0.05, 0) is 6.92 Å². The number of rotatable bonds is 5. The highest BCUT2D eigenvalue weighted by molar-refractivity contribution is 7.11. The molecule has 0 unspecified atom stereocenters. The Balaban J connectivity index is 1.61. The number of esters is 1. The van der Waals surface area contributed by atoms with Crippen LogP contribution in [-0.2, 0) is 16.1 Å². The predicted octanol–water partition coefficient (Wildman–Crippen LogP) is 1.53. The van der Waals surface area contributed by atoms with Crippen LogP contribution in [0.1, 0.15) is 17.6 Å². The Morgan fingerprint density at radius 2 is 2.31 bits per heavy atom. The molecule has 1 fully saturated rings. The first-order valence-electron chi connectivity index (χ1n) is 8.46. The van der Waals surface area contributed by atoms with E-state index in [2.05, 4.69) is 24.8 Å². The standard InChI is InChI=1S/C17H19N5O3S/c1-2-25-17(23)13-7-19-15(16-18-3-6-26-16)22-5-4-21(9-14(13)22)8-12-10-24-11-20-12/h3,6,10-11H,2,4-5,7-9H2,1H3. The third-order valence-corrected chi connectivity index (χ3v) is 5.11. The largest absolute Gasteiger partial charge is 0.463 e. The van der Waals surface area contributed by atoms with Crippen LogP contribution in [0.4, 0.5) is 0 Å². The zero-order chi connectivity index (χ0) is 17.9. The fourth-order valence-corrected chi connectivity index (χ4v) is 3.82. The van der Waals surface area contributed by atoms with Gasteiger partial charge in [-0.15, -0.1) is 11.3 Å². The molecule has 136 valence electrons. The molecule has 0 aromatic carbocycles. The van der Waals surface area contributed by atoms with Gasteiger partial charge >= 0.3 is 5.97 Å². The van der Waals surface area contributed by atoms with Gasteiger partial charge in [0.05, 0.1) is 24.4 Å². The Labute approximate surface area is 154 Å². The van der Waals surface area contributed by atoms with Gasteiger partial charge < -0.3 is 14.1 Å². The van der Waals surface area contributed by atoms with Crippen LogP contribution in [0, 0.1) is 0 Å². The third-order valence-electron chi connectivity index (χ3n) is 4.34. The highest BCUT2D eigenvalue weighted by Crippen LogP contribution is 2.27. The van der Waals surface area contributed by atoms with Crippen molar-refractivity contribution in [1.82, 2.24) is 19.8 Å². The minimum Gasteiger partial charge on any atom is -0.463 e. The summed E-state index contributed by atoms with van der Waals surface area (Å²) in [4.78, 5) is 30.0. The lowest BCUT2D eigenvalue weighted by atomic mass is 10.1. The first kappa shape index (κ1) is 16.9. The molecule has 0 atom stereocenters. The van der Waals surface area contributed by atoms with E-state index in [0.717, 1.165) is 35.3 Å². The normalized spacial score (nSPS) is 17.9. The van der Waals surface area contributed by atoms with Gasteiger partial charge in [0.2, 0.25) is 0 Å². The van der Waals surface area contributed by atoms with Gasteiger partial charge in [-0.25, -0.2) is 14.8 Å². The molecule has 4 heterocycles. The van der Waals surface area contributed by atoms with E-state index in [1.165, 1.54) is 6.39 Å². The van der Waals surface area contributed by atoms with Gasteiger partial charge in [0.15, 0.2) is 17.2 Å². The molecule has 1 saturated heterocycles. The summed E-state index contributed by atoms with van der Waals surface area (Å²) >= 11 is 1.55. The Bertz CT molecular complexity index is 829. The lowest BCUT2D eigenvalue weighted by Crippen LogP contribution is -2.50. The smallest absolute Gasteiger partial charge is 0.337 e. The third kappa shape index (κ3) is 3.27. The lowest BCUT2D eigenvalue weighted by Gasteiger charge is -2.40. The number of oxazole rings is 1. The number of aliphatic imine (C=N–C) groups is 1. The van der Waals surface area contributed by atoms with Gasteiger partial charge in [-0.1, -0.05) is 0 Å². The lowest BCUT2D eigenvalue weighted by molar-refractivity contribution is -0.138. The van der Waals surface area contributed by atoms with E-state index in [4.69, 9.17) is 9.15 Å². The van der Waals surface area contributed by atoms with Crippen molar-refractivity contribution in [1.29, 1.82) is 0 Å². The summed E-state index contributed by atoms with van der Waals surface area (Å²) in [6.45, 7) is 5.34. The first-order chi connectivity index (χ1) is 12.8. The molecule has 2 aromatic rings. The zero-order valence-corrected chi connectivity index (χ0v) is 15.2. The molecule has 8 nitrogen and oxygen atoms in total. The van der Waals surface area contributed by atoms with Crippen molar-refractivity contribution in [2.24, 2.45) is 4.99 Å². The minimum atomic E-state index is -0.294. The summed E-state index contributed by atoms with van der Waals surface area (Å²) in [5, 5.41) is 2.80. The average Bonchev–Trinajstić information content (AvgIpc) is 3.35. The number of aromatic nitrogens is 2. The van der Waals surface area contributed by atoms with E-state index in [0.29, 0.717) is 31.8 Å². The number of ether oxygens (including phenoxy) is 1. The van der Waals surface area contributed by atoms with E-state index >= 15 is 0 Å². The molecule has 0 radical (unpaired) electrons. The molecule has 4 rings (SSSR count). The van der Waals surface area contributed by atoms with Crippen LogP contribution >= 0.6 is 11.3 Å². The molecule has 2 aromatic heterocycles. The second-order valence-corrected chi connectivity index (χ2v) is 6.86. The van der Waals surface area contributed by atoms with Crippen LogP contribution in [-0.4, -0.2) is 64.4 Å². The van der Waals surface area contributed by atoms with Crippen molar-refractivity contribution in [3.63, 3.8) is 0 Å². The Hall–Kier alpha value is -2.52. The predicted molar refractivity (Wildman–Crippen MR) is 95.7 cm³/mol. The number of piperazine rings is 1. The molecular formula is C17H19N5O3S. The number of hydrogen-bond donors (Lipinski definition) is 0. The summed E-state index contributed by atoms with van der Waals surface area (Å²) in [6.07, 6.45) is 4.85. The van der Waals surface area contributed by atoms with Crippen LogP contribution in [0.15, 0.2) is 44.9 Å². The fraction of sp³-hybridized carbons (Fsp3) is 0.412. The quantitative estimate of drug-likeness (QED) is 0.735. The molecule has 0 bridgehead atoms. The summed E-state index contributed by atoms with van der Waals surface area (Å²) < 4.78 is 10.3. The maximum atomic E-state index is 12.4. The van der Waals surface area contributed by atoms with Crippen LogP contribution in [0.5, 0.6) is 0 Å². The molecule has 2 aliphatic rings. The van der Waals surface area contributed by atoms with Gasteiger partial charge in [-0.2, -0.15) is 0 Å². The van der Waals surface area contributed by atoms with Crippen LogP contribution < -0.4 is 0 Å². The second-order valence-electron chi connectivity index (χ2n) is 5.96. The molecular weight excluding hydrogens is 354 g/mol. The van der Waals surface area contributed by atoms with Crippen molar-refractivity contribution in [3.8, 4) is 0 Å². The maximum absolute atomic E-state index is 12.4. The zero-order valence-electron chi connectivity index (χ0n) is 14.4. The van der Waals surface area contributed by atoms with Crippen molar-refractivity contribution >= 4 is 23.1 Å². The fourth-order valence-electron chi connectivity index (χ4n) is 3.17. The molecule has 26 heavy (non-hydrogen) atoms. The number of thiazole rings is 1. The van der Waals surface area contributed by atoms with Gasteiger partial charge in [-0.3, -0.25) is 9.89 Å². The Morgan fingerprint density at radius 1 is 1.38 bits per heavy atom. The monoisotopic (exact) mass is 373 g/mol. The Kier molecular flexibility index (Phi) is 4.81. The number of hydrogen-bond acceptors (Lipinski definition) is 9. The second kappa shape index (κ2) is 7.38. The molecule has 0 spiro atoms. The summed E-state index contributed by atoms with van der Waals surface area (Å²) in [5.74, 6) is 0.543. The van der Waals surface area contributed by atoms with Crippen LogP contribution in [0.3, 0.4) is 0 Å². The number of nitrogens with zero attached hydrogens (tertiary/aromatic N) is 5. The molecule has 0 saturated carbocycles. The van der Waals surface area contributed by atoms with Gasteiger partial charge in [0, 0.05) is 43.5 Å². The van der Waals surface area contributed by atoms with Crippen molar-refractivity contribution < 1.29 is 13.9 Å². The van der Waals surface area contributed by atoms with E-state index in [-0.39, 0.29) is 5.97 Å². The Morgan fingerprint density at radius 3 is 3.04 bits per heavy atom. The van der Waals surface area contributed by atoms with Gasteiger partial charge in [0.25, 0.3) is 0 Å². The molecule has 0 aliphatic carbocycles. The first-order valence-corrected chi connectivity index (χ1v) is 9.34. The average molecular weight is 373 g/mol. The van der Waals surface area contributed by atoms with Gasteiger partial charge in [0.1, 0.15) is 6.26 Å². The summed E-state index contributed by atoms with van der Waals surface area (Å²) in [7, 11) is 0. The number of carbonyl (C=O) groups is 1. The maximum Gasteiger partial charge on any atom is 0.337 e. The minimum absolute atomic E-state index is 0.294. The highest BCUT2D eigenvalue weighted by atomic mass is 32.1. The molecule has 0 amide bonds. The van der Waals surface area contributed by atoms with Crippen molar-refractivity contribution in [2.75, 3.05) is 32.8 Å². The van der Waals surface area contributed by atoms with Crippen molar-refractivity contribution in [3.05, 3.63) is 46.2 Å². The van der Waals surface area contributed by atoms with E-state index in [9.17, 15) is 4.79 Å². The SMILES string of the molecule is CCOC(=O)C1=C2CN(Cc3cocn3)CCN2C(c2nccs2)=NC1. The van der Waals surface area contributed by atoms with Crippen molar-refractivity contribution in [2.45, 2.75) is 13.5 Å². The number of carbonyl (C=O) groups excluding carboxylic acids is 1. The van der Waals surface area contributed by atoms with Crippen LogP contribution in [0.25, 0.3) is 0 Å².